The summed E-state index contributed by atoms with van der Waals surface area (Å²) in [5.74, 6) is 0.409. The summed E-state index contributed by atoms with van der Waals surface area (Å²) in [6, 6.07) is 11.9. The van der Waals surface area contributed by atoms with Crippen molar-refractivity contribution in [3.05, 3.63) is 59.7 Å². The smallest absolute Gasteiger partial charge is 0.341 e. The minimum atomic E-state index is -1.06. The molecule has 0 bridgehead atoms. The van der Waals surface area contributed by atoms with Crippen LogP contribution in [0.3, 0.4) is 0 Å². The van der Waals surface area contributed by atoms with Crippen LogP contribution in [0.2, 0.25) is 0 Å². The Balaban J connectivity index is 2.14. The highest BCUT2D eigenvalue weighted by Crippen LogP contribution is 2.32. The largest absolute Gasteiger partial charge is 0.490 e. The van der Waals surface area contributed by atoms with E-state index in [1.807, 2.05) is 32.0 Å². The van der Waals surface area contributed by atoms with Gasteiger partial charge >= 0.3 is 5.97 Å². The average Bonchev–Trinajstić information content (AvgIpc) is 2.70. The van der Waals surface area contributed by atoms with Gasteiger partial charge in [-0.2, -0.15) is 0 Å². The number of ether oxygens (including phenoxy) is 3. The minimum Gasteiger partial charge on any atom is -0.490 e. The Labute approximate surface area is 164 Å². The van der Waals surface area contributed by atoms with Crippen molar-refractivity contribution in [3.8, 4) is 17.2 Å². The monoisotopic (exact) mass is 384 g/mol. The lowest BCUT2D eigenvalue weighted by atomic mass is 10.1. The van der Waals surface area contributed by atoms with E-state index in [0.29, 0.717) is 36.0 Å². The molecular weight excluding hydrogens is 360 g/mol. The lowest BCUT2D eigenvalue weighted by molar-refractivity contribution is -0.139. The predicted octanol–water partition coefficient (Wildman–Crippen LogP) is 4.23. The van der Waals surface area contributed by atoms with Crippen molar-refractivity contribution in [3.63, 3.8) is 0 Å². The molecule has 0 aromatic heterocycles. The number of para-hydroxylation sites is 1. The summed E-state index contributed by atoms with van der Waals surface area (Å²) in [4.78, 5) is 23.0. The first kappa shape index (κ1) is 21.0. The molecule has 2 aromatic rings. The number of carboxylic acid groups (broad SMARTS) is 1. The normalized spacial score (nSPS) is 10.6. The van der Waals surface area contributed by atoms with Crippen LogP contribution in [0.25, 0.3) is 6.08 Å². The number of benzene rings is 2. The zero-order valence-corrected chi connectivity index (χ0v) is 16.0. The zero-order valence-electron chi connectivity index (χ0n) is 16.0. The van der Waals surface area contributed by atoms with Gasteiger partial charge in [0.2, 0.25) is 0 Å². The number of allylic oxidation sites excluding steroid dienone is 1. The summed E-state index contributed by atoms with van der Waals surface area (Å²) >= 11 is 0. The van der Waals surface area contributed by atoms with E-state index in [-0.39, 0.29) is 5.78 Å². The van der Waals surface area contributed by atoms with E-state index in [1.54, 1.807) is 30.3 Å². The number of hydrogen-bond acceptors (Lipinski definition) is 5. The Morgan fingerprint density at radius 3 is 2.39 bits per heavy atom. The molecule has 0 fully saturated rings. The van der Waals surface area contributed by atoms with Gasteiger partial charge in [-0.3, -0.25) is 4.79 Å². The van der Waals surface area contributed by atoms with Crippen LogP contribution in [0.1, 0.15) is 36.2 Å². The van der Waals surface area contributed by atoms with Gasteiger partial charge in [-0.15, -0.1) is 0 Å². The van der Waals surface area contributed by atoms with Gasteiger partial charge in [-0.05, 0) is 55.8 Å². The fourth-order valence-corrected chi connectivity index (χ4v) is 2.41. The molecule has 6 nitrogen and oxygen atoms in total. The third-order valence-electron chi connectivity index (χ3n) is 3.68. The minimum absolute atomic E-state index is 0.187. The van der Waals surface area contributed by atoms with Crippen LogP contribution in [-0.2, 0) is 4.79 Å². The summed E-state index contributed by atoms with van der Waals surface area (Å²) < 4.78 is 16.5. The van der Waals surface area contributed by atoms with Gasteiger partial charge in [0.25, 0.3) is 0 Å². The molecule has 6 heteroatoms. The topological polar surface area (TPSA) is 82.1 Å². The van der Waals surface area contributed by atoms with E-state index < -0.39 is 12.6 Å². The molecule has 0 radical (unpaired) electrons. The maximum absolute atomic E-state index is 12.4. The van der Waals surface area contributed by atoms with Crippen LogP contribution in [0.4, 0.5) is 0 Å². The molecule has 148 valence electrons. The second-order valence-corrected chi connectivity index (χ2v) is 5.86. The van der Waals surface area contributed by atoms with Crippen LogP contribution in [0.15, 0.2) is 48.5 Å². The van der Waals surface area contributed by atoms with Crippen LogP contribution >= 0.6 is 0 Å². The van der Waals surface area contributed by atoms with Gasteiger partial charge in [0.05, 0.1) is 13.2 Å². The summed E-state index contributed by atoms with van der Waals surface area (Å²) in [7, 11) is 0. The fourth-order valence-electron chi connectivity index (χ4n) is 2.41. The van der Waals surface area contributed by atoms with Gasteiger partial charge in [0, 0.05) is 11.1 Å². The van der Waals surface area contributed by atoms with Crippen molar-refractivity contribution in [2.75, 3.05) is 19.8 Å². The fraction of sp³-hybridized carbons (Fsp3) is 0.273. The van der Waals surface area contributed by atoms with E-state index >= 15 is 0 Å². The van der Waals surface area contributed by atoms with E-state index in [9.17, 15) is 9.59 Å². The van der Waals surface area contributed by atoms with Crippen LogP contribution < -0.4 is 14.2 Å². The molecule has 2 rings (SSSR count). The molecule has 0 saturated carbocycles. The maximum atomic E-state index is 12.4. The Hall–Kier alpha value is -3.28. The van der Waals surface area contributed by atoms with E-state index in [4.69, 9.17) is 19.3 Å². The SMILES string of the molecule is CCCOc1c(/C=C/C(=O)c2ccc(OCC(=O)O)cc2)cccc1OCC. The third kappa shape index (κ3) is 6.16. The van der Waals surface area contributed by atoms with Crippen molar-refractivity contribution in [2.24, 2.45) is 0 Å². The molecule has 2 aromatic carbocycles. The molecule has 0 spiro atoms. The molecule has 0 saturated heterocycles. The molecule has 0 amide bonds. The Morgan fingerprint density at radius 2 is 1.75 bits per heavy atom. The first-order valence-electron chi connectivity index (χ1n) is 9.10. The molecule has 0 aliphatic rings. The Morgan fingerprint density at radius 1 is 1.00 bits per heavy atom. The van der Waals surface area contributed by atoms with E-state index in [2.05, 4.69) is 0 Å². The summed E-state index contributed by atoms with van der Waals surface area (Å²) in [5.41, 5.74) is 1.23. The Bertz CT molecular complexity index is 823. The number of carbonyl (C=O) groups is 2. The van der Waals surface area contributed by atoms with Crippen molar-refractivity contribution < 1.29 is 28.9 Å². The van der Waals surface area contributed by atoms with Gasteiger partial charge in [-0.1, -0.05) is 19.1 Å². The highest BCUT2D eigenvalue weighted by atomic mass is 16.5. The molecule has 28 heavy (non-hydrogen) atoms. The highest BCUT2D eigenvalue weighted by molar-refractivity contribution is 6.07. The molecule has 0 heterocycles. The second-order valence-electron chi connectivity index (χ2n) is 5.86. The van der Waals surface area contributed by atoms with Gasteiger partial charge < -0.3 is 19.3 Å². The quantitative estimate of drug-likeness (QED) is 0.461. The average molecular weight is 384 g/mol. The second kappa shape index (κ2) is 10.8. The number of rotatable bonds is 11. The number of carbonyl (C=O) groups excluding carboxylic acids is 1. The zero-order chi connectivity index (χ0) is 20.4. The van der Waals surface area contributed by atoms with Gasteiger partial charge in [0.1, 0.15) is 5.75 Å². The van der Waals surface area contributed by atoms with E-state index in [1.165, 1.54) is 6.08 Å². The molecule has 0 atom stereocenters. The maximum Gasteiger partial charge on any atom is 0.341 e. The first-order chi connectivity index (χ1) is 13.5. The Kier molecular flexibility index (Phi) is 8.09. The third-order valence-corrected chi connectivity index (χ3v) is 3.68. The van der Waals surface area contributed by atoms with E-state index in [0.717, 1.165) is 12.0 Å². The van der Waals surface area contributed by atoms with Crippen LogP contribution in [-0.4, -0.2) is 36.7 Å². The number of hydrogen-bond donors (Lipinski definition) is 1. The number of carboxylic acids is 1. The van der Waals surface area contributed by atoms with Gasteiger partial charge in [0.15, 0.2) is 23.9 Å². The van der Waals surface area contributed by atoms with Crippen LogP contribution in [0.5, 0.6) is 17.2 Å². The summed E-state index contributed by atoms with van der Waals surface area (Å²) in [5, 5.41) is 8.62. The summed E-state index contributed by atoms with van der Waals surface area (Å²) in [6.07, 6.45) is 4.03. The molecule has 0 unspecified atom stereocenters. The molecular formula is C22H24O6. The standard InChI is InChI=1S/C22H24O6/c1-3-14-27-22-17(6-5-7-20(22)26-4-2)10-13-19(23)16-8-11-18(12-9-16)28-15-21(24)25/h5-13H,3-4,14-15H2,1-2H3,(H,24,25)/b13-10+. The molecule has 0 aliphatic carbocycles. The highest BCUT2D eigenvalue weighted by Gasteiger charge is 2.10. The number of aliphatic carboxylic acids is 1. The van der Waals surface area contributed by atoms with Crippen LogP contribution in [0, 0.1) is 0 Å². The molecule has 0 aliphatic heterocycles. The van der Waals surface area contributed by atoms with Gasteiger partial charge in [-0.25, -0.2) is 4.79 Å². The first-order valence-corrected chi connectivity index (χ1v) is 9.10. The predicted molar refractivity (Wildman–Crippen MR) is 106 cm³/mol. The van der Waals surface area contributed by atoms with Crippen molar-refractivity contribution in [2.45, 2.75) is 20.3 Å². The molecule has 1 N–H and O–H groups in total. The lowest BCUT2D eigenvalue weighted by Gasteiger charge is -2.13. The summed E-state index contributed by atoms with van der Waals surface area (Å²) in [6.45, 7) is 4.57. The van der Waals surface area contributed by atoms with Crippen molar-refractivity contribution >= 4 is 17.8 Å². The lowest BCUT2D eigenvalue weighted by Crippen LogP contribution is -2.09. The van der Waals surface area contributed by atoms with Crippen molar-refractivity contribution in [1.82, 2.24) is 0 Å². The number of ketones is 1. The van der Waals surface area contributed by atoms with Crippen molar-refractivity contribution in [1.29, 1.82) is 0 Å².